The lowest BCUT2D eigenvalue weighted by atomic mass is 10.00. The third kappa shape index (κ3) is 6.46. The summed E-state index contributed by atoms with van der Waals surface area (Å²) in [7, 11) is 0. The van der Waals surface area contributed by atoms with Crippen LogP contribution in [0.25, 0.3) is 134 Å². The van der Waals surface area contributed by atoms with Crippen molar-refractivity contribution in [3.63, 3.8) is 0 Å². The fourth-order valence-electron chi connectivity index (χ4n) is 10.2. The number of fused-ring (bicyclic) bond motifs is 10. The van der Waals surface area contributed by atoms with Crippen molar-refractivity contribution >= 4 is 65.2 Å². The van der Waals surface area contributed by atoms with Gasteiger partial charge in [-0.05, 0) is 51.9 Å². The van der Waals surface area contributed by atoms with Crippen LogP contribution in [-0.4, -0.2) is 39.0 Å². The molecule has 0 aliphatic rings. The molecular formula is C62H38N8. The van der Waals surface area contributed by atoms with Crippen LogP contribution in [-0.2, 0) is 0 Å². The molecule has 0 saturated carbocycles. The molecule has 0 amide bonds. The second kappa shape index (κ2) is 16.0. The van der Waals surface area contributed by atoms with Crippen LogP contribution in [0.5, 0.6) is 0 Å². The Balaban J connectivity index is 1.03. The Morgan fingerprint density at radius 1 is 0.243 bits per heavy atom. The minimum absolute atomic E-state index is 0.527. The maximum Gasteiger partial charge on any atom is 0.238 e. The van der Waals surface area contributed by atoms with Crippen LogP contribution in [0.3, 0.4) is 0 Å². The number of para-hydroxylation sites is 2. The Kier molecular flexibility index (Phi) is 9.03. The second-order valence-electron chi connectivity index (χ2n) is 17.5. The first-order chi connectivity index (χ1) is 34.7. The summed E-state index contributed by atoms with van der Waals surface area (Å²) in [5, 5.41) is 9.14. The Hall–Kier alpha value is -9.66. The quantitative estimate of drug-likeness (QED) is 0.148. The van der Waals surface area contributed by atoms with Gasteiger partial charge in [0.05, 0.1) is 22.1 Å². The van der Waals surface area contributed by atoms with Crippen LogP contribution in [0.4, 0.5) is 0 Å². The largest absolute Gasteiger partial charge is 0.307 e. The predicted octanol–water partition coefficient (Wildman–Crippen LogP) is 14.9. The summed E-state index contributed by atoms with van der Waals surface area (Å²) in [5.74, 6) is 3.52. The van der Waals surface area contributed by atoms with Crippen molar-refractivity contribution in [3.05, 3.63) is 231 Å². The van der Waals surface area contributed by atoms with E-state index in [1.54, 1.807) is 0 Å². The number of rotatable bonds is 7. The van der Waals surface area contributed by atoms with E-state index in [9.17, 15) is 0 Å². The van der Waals surface area contributed by atoms with Crippen LogP contribution >= 0.6 is 0 Å². The molecule has 4 heterocycles. The Bertz CT molecular complexity index is 4290. The van der Waals surface area contributed by atoms with Crippen LogP contribution in [0.15, 0.2) is 231 Å². The Morgan fingerprint density at radius 3 is 1.27 bits per heavy atom. The summed E-state index contributed by atoms with van der Waals surface area (Å²) in [4.78, 5) is 31.2. The topological polar surface area (TPSA) is 87.2 Å². The summed E-state index contributed by atoms with van der Waals surface area (Å²) in [6, 6.07) is 80.0. The van der Waals surface area contributed by atoms with Crippen LogP contribution in [0, 0.1) is 0 Å². The molecule has 0 aliphatic heterocycles. The Morgan fingerprint density at radius 2 is 0.657 bits per heavy atom. The van der Waals surface area contributed by atoms with Crippen LogP contribution in [0.1, 0.15) is 0 Å². The number of benzene rings is 10. The van der Waals surface area contributed by atoms with Crippen LogP contribution in [0.2, 0.25) is 0 Å². The average molecular weight is 895 g/mol. The number of hydrogen-bond donors (Lipinski definition) is 0. The van der Waals surface area contributed by atoms with Crippen molar-refractivity contribution in [1.29, 1.82) is 0 Å². The highest BCUT2D eigenvalue weighted by Gasteiger charge is 2.24. The van der Waals surface area contributed by atoms with E-state index >= 15 is 0 Å². The van der Waals surface area contributed by atoms with Gasteiger partial charge in [-0.2, -0.15) is 9.97 Å². The number of aromatic nitrogens is 8. The lowest BCUT2D eigenvalue weighted by Crippen LogP contribution is -2.07. The third-order valence-corrected chi connectivity index (χ3v) is 13.4. The van der Waals surface area contributed by atoms with E-state index in [0.29, 0.717) is 35.1 Å². The summed E-state index contributed by atoms with van der Waals surface area (Å²) in [6.45, 7) is 0. The van der Waals surface area contributed by atoms with Gasteiger partial charge >= 0.3 is 0 Å². The van der Waals surface area contributed by atoms with Crippen molar-refractivity contribution in [2.75, 3.05) is 0 Å². The third-order valence-electron chi connectivity index (χ3n) is 13.4. The molecule has 0 radical (unpaired) electrons. The van der Waals surface area contributed by atoms with Gasteiger partial charge < -0.3 is 4.57 Å². The van der Waals surface area contributed by atoms with Gasteiger partial charge in [0.25, 0.3) is 0 Å². The lowest BCUT2D eigenvalue weighted by molar-refractivity contribution is 0.953. The standard InChI is InChI=1S/C62H38N8/c1-4-18-40(19-5-1)57-63-58(41-20-6-2-7-21-41)65-60(64-57)44-24-16-25-46(38-44)69-53-29-14-12-27-49(53)51-35-36-52-50-28-13-15-30-54(50)70(56(52)55(51)69)62-67-59(42-22-8-3-9-23-42)66-61(68-62)45-33-34-48-43(37-45)32-31-39-17-10-11-26-47(39)48/h1-38H. The van der Waals surface area contributed by atoms with Gasteiger partial charge in [-0.15, -0.1) is 0 Å². The van der Waals surface area contributed by atoms with Crippen LogP contribution < -0.4 is 0 Å². The van der Waals surface area contributed by atoms with E-state index < -0.39 is 0 Å². The molecule has 14 rings (SSSR count). The smallest absolute Gasteiger partial charge is 0.238 e. The van der Waals surface area contributed by atoms with Gasteiger partial charge in [0.15, 0.2) is 29.1 Å². The minimum Gasteiger partial charge on any atom is -0.307 e. The maximum atomic E-state index is 5.43. The van der Waals surface area contributed by atoms with E-state index in [2.05, 4.69) is 161 Å². The van der Waals surface area contributed by atoms with Crippen molar-refractivity contribution in [1.82, 2.24) is 39.0 Å². The SMILES string of the molecule is c1ccc(-c2nc(-c3ccccc3)nc(-c3cccc(-n4c5ccccc5c5ccc6c7ccccc7n(-c7nc(-c8ccccc8)nc(-c8ccc9c(ccc%10ccccc%109)c8)n7)c6c54)c3)n2)cc1. The zero-order valence-electron chi connectivity index (χ0n) is 37.5. The fraction of sp³-hybridized carbons (Fsp3) is 0. The predicted molar refractivity (Wildman–Crippen MR) is 284 cm³/mol. The molecule has 0 unspecified atom stereocenters. The van der Waals surface area contributed by atoms with Gasteiger partial charge in [-0.1, -0.05) is 200 Å². The second-order valence-corrected chi connectivity index (χ2v) is 17.5. The molecular weight excluding hydrogens is 857 g/mol. The number of hydrogen-bond acceptors (Lipinski definition) is 6. The summed E-state index contributed by atoms with van der Waals surface area (Å²) < 4.78 is 4.61. The molecule has 0 saturated heterocycles. The summed E-state index contributed by atoms with van der Waals surface area (Å²) >= 11 is 0. The highest BCUT2D eigenvalue weighted by Crippen LogP contribution is 2.42. The molecule has 8 nitrogen and oxygen atoms in total. The zero-order valence-corrected chi connectivity index (χ0v) is 37.5. The first-order valence-corrected chi connectivity index (χ1v) is 23.4. The molecule has 4 aromatic heterocycles. The molecule has 8 heteroatoms. The molecule has 10 aromatic carbocycles. The van der Waals surface area contributed by atoms with Gasteiger partial charge in [0.2, 0.25) is 5.95 Å². The average Bonchev–Trinajstić information content (AvgIpc) is 3.97. The van der Waals surface area contributed by atoms with E-state index in [1.807, 2.05) is 78.9 Å². The summed E-state index contributed by atoms with van der Waals surface area (Å²) in [5.41, 5.74) is 9.54. The fourth-order valence-corrected chi connectivity index (χ4v) is 10.2. The highest BCUT2D eigenvalue weighted by molar-refractivity contribution is 6.23. The van der Waals surface area contributed by atoms with Gasteiger partial charge in [0, 0.05) is 55.0 Å². The molecule has 0 bridgehead atoms. The maximum absolute atomic E-state index is 5.43. The molecule has 0 spiro atoms. The molecule has 0 aliphatic carbocycles. The van der Waals surface area contributed by atoms with Gasteiger partial charge in [0.1, 0.15) is 0 Å². The first kappa shape index (κ1) is 39.5. The highest BCUT2D eigenvalue weighted by atomic mass is 15.2. The normalized spacial score (nSPS) is 11.7. The first-order valence-electron chi connectivity index (χ1n) is 23.4. The number of nitrogens with zero attached hydrogens (tertiary/aromatic N) is 8. The van der Waals surface area contributed by atoms with Crippen molar-refractivity contribution in [2.24, 2.45) is 0 Å². The van der Waals surface area contributed by atoms with E-state index in [4.69, 9.17) is 29.9 Å². The van der Waals surface area contributed by atoms with E-state index in [1.165, 1.54) is 16.2 Å². The van der Waals surface area contributed by atoms with Crippen molar-refractivity contribution < 1.29 is 0 Å². The van der Waals surface area contributed by atoms with Gasteiger partial charge in [-0.3, -0.25) is 4.57 Å². The molecule has 326 valence electrons. The molecule has 70 heavy (non-hydrogen) atoms. The van der Waals surface area contributed by atoms with Gasteiger partial charge in [-0.25, -0.2) is 19.9 Å². The zero-order chi connectivity index (χ0) is 46.1. The van der Waals surface area contributed by atoms with E-state index in [-0.39, 0.29) is 0 Å². The lowest BCUT2D eigenvalue weighted by Gasteiger charge is -2.14. The van der Waals surface area contributed by atoms with Crippen molar-refractivity contribution in [3.8, 4) is 68.6 Å². The molecule has 0 fully saturated rings. The van der Waals surface area contributed by atoms with E-state index in [0.717, 1.165) is 82.5 Å². The molecule has 14 aromatic rings. The molecule has 0 atom stereocenters. The Labute approximate surface area is 401 Å². The van der Waals surface area contributed by atoms with Crippen molar-refractivity contribution in [2.45, 2.75) is 0 Å². The summed E-state index contributed by atoms with van der Waals surface area (Å²) in [6.07, 6.45) is 0. The minimum atomic E-state index is 0.527. The molecule has 0 N–H and O–H groups in total. The monoisotopic (exact) mass is 894 g/mol.